The van der Waals surface area contributed by atoms with Crippen molar-refractivity contribution in [1.29, 1.82) is 0 Å². The van der Waals surface area contributed by atoms with Gasteiger partial charge in [-0.15, -0.1) is 23.1 Å². The largest absolute Gasteiger partial charge is 0.497 e. The molecule has 0 unspecified atom stereocenters. The van der Waals surface area contributed by atoms with Crippen molar-refractivity contribution in [3.05, 3.63) is 35.3 Å². The smallest absolute Gasteiger partial charge is 0.242 e. The molecule has 4 nitrogen and oxygen atoms in total. The Morgan fingerprint density at radius 3 is 2.58 bits per heavy atom. The standard InChI is InChI=1S/C20H26N2O2S2/c1-20(2,26-16-11-9-15(24-3)10-12-16)18(23)22-19-21-17(13-25-19)14-7-5-4-6-8-14/h9-14H,4-8H2,1-3H3,(H,21,22,23). The van der Waals surface area contributed by atoms with Gasteiger partial charge in [0.15, 0.2) is 5.13 Å². The van der Waals surface area contributed by atoms with Gasteiger partial charge >= 0.3 is 0 Å². The Morgan fingerprint density at radius 2 is 1.92 bits per heavy atom. The van der Waals surface area contributed by atoms with Crippen LogP contribution in [0.4, 0.5) is 5.13 Å². The van der Waals surface area contributed by atoms with Crippen LogP contribution in [0.25, 0.3) is 0 Å². The van der Waals surface area contributed by atoms with E-state index in [0.29, 0.717) is 11.0 Å². The third kappa shape index (κ3) is 4.80. The van der Waals surface area contributed by atoms with Crippen LogP contribution in [0.5, 0.6) is 5.75 Å². The van der Waals surface area contributed by atoms with Crippen LogP contribution in [-0.2, 0) is 4.79 Å². The number of hydrogen-bond donors (Lipinski definition) is 1. The average molecular weight is 391 g/mol. The highest BCUT2D eigenvalue weighted by Crippen LogP contribution is 2.36. The van der Waals surface area contributed by atoms with Crippen molar-refractivity contribution in [1.82, 2.24) is 4.98 Å². The van der Waals surface area contributed by atoms with Crippen LogP contribution in [0, 0.1) is 0 Å². The number of aromatic nitrogens is 1. The molecule has 0 spiro atoms. The average Bonchev–Trinajstić information content (AvgIpc) is 3.11. The number of ether oxygens (including phenoxy) is 1. The molecule has 140 valence electrons. The van der Waals surface area contributed by atoms with Crippen LogP contribution in [-0.4, -0.2) is 22.7 Å². The first kappa shape index (κ1) is 19.2. The minimum absolute atomic E-state index is 0.0251. The Hall–Kier alpha value is -1.53. The fourth-order valence-electron chi connectivity index (χ4n) is 3.16. The normalized spacial score (nSPS) is 15.7. The van der Waals surface area contributed by atoms with Gasteiger partial charge in [-0.2, -0.15) is 0 Å². The quantitative estimate of drug-likeness (QED) is 0.642. The van der Waals surface area contributed by atoms with E-state index in [4.69, 9.17) is 4.74 Å². The molecule has 1 amide bonds. The highest BCUT2D eigenvalue weighted by molar-refractivity contribution is 8.01. The molecule has 0 radical (unpaired) electrons. The van der Waals surface area contributed by atoms with E-state index < -0.39 is 4.75 Å². The maximum atomic E-state index is 12.8. The van der Waals surface area contributed by atoms with E-state index in [-0.39, 0.29) is 5.91 Å². The number of thiazole rings is 1. The summed E-state index contributed by atoms with van der Waals surface area (Å²) in [5.41, 5.74) is 1.14. The van der Waals surface area contributed by atoms with Crippen molar-refractivity contribution < 1.29 is 9.53 Å². The van der Waals surface area contributed by atoms with Crippen molar-refractivity contribution >= 4 is 34.1 Å². The van der Waals surface area contributed by atoms with E-state index in [1.54, 1.807) is 7.11 Å². The summed E-state index contributed by atoms with van der Waals surface area (Å²) in [4.78, 5) is 18.5. The number of carbonyl (C=O) groups excluding carboxylic acids is 1. The van der Waals surface area contributed by atoms with Gasteiger partial charge in [-0.05, 0) is 51.0 Å². The summed E-state index contributed by atoms with van der Waals surface area (Å²) in [6.07, 6.45) is 6.34. The molecule has 1 N–H and O–H groups in total. The summed E-state index contributed by atoms with van der Waals surface area (Å²) in [5.74, 6) is 1.35. The molecule has 1 aliphatic rings. The molecular weight excluding hydrogens is 364 g/mol. The van der Waals surface area contributed by atoms with Crippen LogP contribution < -0.4 is 10.1 Å². The van der Waals surface area contributed by atoms with Crippen molar-refractivity contribution in [3.63, 3.8) is 0 Å². The van der Waals surface area contributed by atoms with E-state index in [9.17, 15) is 4.79 Å². The van der Waals surface area contributed by atoms with Crippen molar-refractivity contribution in [2.45, 2.75) is 61.5 Å². The third-order valence-corrected chi connectivity index (χ3v) is 6.72. The predicted octanol–water partition coefficient (Wildman–Crippen LogP) is 5.71. The van der Waals surface area contributed by atoms with Gasteiger partial charge in [-0.1, -0.05) is 19.3 Å². The molecule has 1 aromatic heterocycles. The lowest BCUT2D eigenvalue weighted by molar-refractivity contribution is -0.117. The highest BCUT2D eigenvalue weighted by atomic mass is 32.2. The summed E-state index contributed by atoms with van der Waals surface area (Å²) in [6, 6.07) is 7.77. The molecule has 1 aliphatic carbocycles. The number of carbonyl (C=O) groups is 1. The summed E-state index contributed by atoms with van der Waals surface area (Å²) < 4.78 is 4.59. The van der Waals surface area contributed by atoms with Crippen LogP contribution in [0.2, 0.25) is 0 Å². The molecule has 2 aromatic rings. The fourth-order valence-corrected chi connectivity index (χ4v) is 4.95. The zero-order valence-corrected chi connectivity index (χ0v) is 17.2. The Bertz CT molecular complexity index is 735. The maximum Gasteiger partial charge on any atom is 0.242 e. The van der Waals surface area contributed by atoms with Crippen LogP contribution in [0.15, 0.2) is 34.5 Å². The Balaban J connectivity index is 1.61. The SMILES string of the molecule is COc1ccc(SC(C)(C)C(=O)Nc2nc(C3CCCCC3)cs2)cc1. The molecule has 1 saturated carbocycles. The van der Waals surface area contributed by atoms with Gasteiger partial charge in [0, 0.05) is 16.2 Å². The van der Waals surface area contributed by atoms with Gasteiger partial charge in [0.25, 0.3) is 0 Å². The van der Waals surface area contributed by atoms with Crippen LogP contribution >= 0.6 is 23.1 Å². The van der Waals surface area contributed by atoms with Crippen LogP contribution in [0.3, 0.4) is 0 Å². The number of nitrogens with zero attached hydrogens (tertiary/aromatic N) is 1. The number of benzene rings is 1. The summed E-state index contributed by atoms with van der Waals surface area (Å²) in [7, 11) is 1.65. The van der Waals surface area contributed by atoms with E-state index in [2.05, 4.69) is 15.7 Å². The number of methoxy groups -OCH3 is 1. The van der Waals surface area contributed by atoms with E-state index in [0.717, 1.165) is 16.3 Å². The molecule has 26 heavy (non-hydrogen) atoms. The first-order valence-electron chi connectivity index (χ1n) is 9.08. The molecule has 0 atom stereocenters. The van der Waals surface area contributed by atoms with Gasteiger partial charge < -0.3 is 10.1 Å². The van der Waals surface area contributed by atoms with Crippen molar-refractivity contribution in [2.75, 3.05) is 12.4 Å². The fraction of sp³-hybridized carbons (Fsp3) is 0.500. The lowest BCUT2D eigenvalue weighted by Crippen LogP contribution is -2.33. The lowest BCUT2D eigenvalue weighted by Gasteiger charge is -2.22. The molecule has 1 fully saturated rings. The first-order valence-corrected chi connectivity index (χ1v) is 10.8. The van der Waals surface area contributed by atoms with Crippen LogP contribution in [0.1, 0.15) is 57.6 Å². The van der Waals surface area contributed by atoms with E-state index in [1.807, 2.05) is 38.1 Å². The molecule has 1 aromatic carbocycles. The minimum Gasteiger partial charge on any atom is -0.497 e. The Kier molecular flexibility index (Phi) is 6.24. The summed E-state index contributed by atoms with van der Waals surface area (Å²) in [6.45, 7) is 3.87. The summed E-state index contributed by atoms with van der Waals surface area (Å²) >= 11 is 3.07. The van der Waals surface area contributed by atoms with Gasteiger partial charge in [-0.3, -0.25) is 4.79 Å². The molecule has 0 saturated heterocycles. The molecule has 0 bridgehead atoms. The zero-order valence-electron chi connectivity index (χ0n) is 15.6. The maximum absolute atomic E-state index is 12.8. The topological polar surface area (TPSA) is 51.2 Å². The van der Waals surface area contributed by atoms with Gasteiger partial charge in [0.2, 0.25) is 5.91 Å². The lowest BCUT2D eigenvalue weighted by atomic mass is 9.87. The number of nitrogens with one attached hydrogen (secondary N) is 1. The number of thioether (sulfide) groups is 1. The monoisotopic (exact) mass is 390 g/mol. The molecule has 6 heteroatoms. The van der Waals surface area contributed by atoms with Gasteiger partial charge in [-0.25, -0.2) is 4.98 Å². The Morgan fingerprint density at radius 1 is 1.23 bits per heavy atom. The minimum atomic E-state index is -0.592. The second-order valence-electron chi connectivity index (χ2n) is 7.15. The number of rotatable bonds is 6. The molecule has 3 rings (SSSR count). The second-order valence-corrected chi connectivity index (χ2v) is 9.71. The highest BCUT2D eigenvalue weighted by Gasteiger charge is 2.30. The molecule has 1 heterocycles. The number of anilines is 1. The molecular formula is C20H26N2O2S2. The first-order chi connectivity index (χ1) is 12.5. The second kappa shape index (κ2) is 8.44. The Labute approximate surface area is 163 Å². The number of hydrogen-bond acceptors (Lipinski definition) is 5. The van der Waals surface area contributed by atoms with E-state index >= 15 is 0 Å². The number of amides is 1. The third-order valence-electron chi connectivity index (χ3n) is 4.75. The van der Waals surface area contributed by atoms with Crippen molar-refractivity contribution in [3.8, 4) is 5.75 Å². The summed E-state index contributed by atoms with van der Waals surface area (Å²) in [5, 5.41) is 5.82. The predicted molar refractivity (Wildman–Crippen MR) is 109 cm³/mol. The molecule has 0 aliphatic heterocycles. The van der Waals surface area contributed by atoms with Gasteiger partial charge in [0.05, 0.1) is 17.6 Å². The van der Waals surface area contributed by atoms with E-state index in [1.165, 1.54) is 55.2 Å². The van der Waals surface area contributed by atoms with Gasteiger partial charge in [0.1, 0.15) is 5.75 Å². The van der Waals surface area contributed by atoms with Crippen molar-refractivity contribution in [2.24, 2.45) is 0 Å². The zero-order chi connectivity index (χ0) is 18.6.